The summed E-state index contributed by atoms with van der Waals surface area (Å²) in [6, 6.07) is 16.3. The highest BCUT2D eigenvalue weighted by molar-refractivity contribution is 6.30. The number of carbonyl (C=O) groups excluding carboxylic acids is 2. The Labute approximate surface area is 189 Å². The lowest BCUT2D eigenvalue weighted by Gasteiger charge is -2.42. The van der Waals surface area contributed by atoms with E-state index in [1.807, 2.05) is 34.1 Å². The second-order valence-corrected chi connectivity index (χ2v) is 9.81. The Balaban J connectivity index is 1.28. The molecule has 1 spiro atoms. The van der Waals surface area contributed by atoms with Crippen molar-refractivity contribution in [2.45, 2.75) is 45.1 Å². The number of hydrogen-bond donors (Lipinski definition) is 0. The topological polar surface area (TPSA) is 40.6 Å². The van der Waals surface area contributed by atoms with E-state index in [4.69, 9.17) is 11.6 Å². The van der Waals surface area contributed by atoms with Gasteiger partial charge in [-0.3, -0.25) is 9.59 Å². The first kappa shape index (κ1) is 20.6. The summed E-state index contributed by atoms with van der Waals surface area (Å²) >= 11 is 6.00. The van der Waals surface area contributed by atoms with Crippen molar-refractivity contribution in [1.82, 2.24) is 9.80 Å². The summed E-state index contributed by atoms with van der Waals surface area (Å²) in [5.41, 5.74) is 3.37. The van der Waals surface area contributed by atoms with Crippen molar-refractivity contribution in [3.05, 3.63) is 70.2 Å². The minimum atomic E-state index is -0.376. The minimum Gasteiger partial charge on any atom is -0.342 e. The third kappa shape index (κ3) is 3.76. The molecule has 162 valence electrons. The van der Waals surface area contributed by atoms with E-state index in [9.17, 15) is 9.59 Å². The fourth-order valence-corrected chi connectivity index (χ4v) is 5.65. The number of amides is 2. The zero-order chi connectivity index (χ0) is 21.6. The van der Waals surface area contributed by atoms with Crippen molar-refractivity contribution in [2.24, 2.45) is 11.3 Å². The zero-order valence-corrected chi connectivity index (χ0v) is 18.8. The highest BCUT2D eigenvalue weighted by Gasteiger charge is 2.50. The molecular weight excluding hydrogens is 408 g/mol. The molecule has 3 aliphatic rings. The summed E-state index contributed by atoms with van der Waals surface area (Å²) in [5.74, 6) is 0.905. The summed E-state index contributed by atoms with van der Waals surface area (Å²) < 4.78 is 0. The van der Waals surface area contributed by atoms with Gasteiger partial charge in [-0.15, -0.1) is 0 Å². The number of likely N-dealkylation sites (tertiary alicyclic amines) is 1. The van der Waals surface area contributed by atoms with Crippen LogP contribution in [0.25, 0.3) is 0 Å². The normalized spacial score (nSPS) is 24.6. The van der Waals surface area contributed by atoms with Gasteiger partial charge in [-0.05, 0) is 67.3 Å². The lowest BCUT2D eigenvalue weighted by Crippen LogP contribution is -2.51. The molecular formula is C26H29ClN2O2. The molecule has 5 heteroatoms. The molecule has 0 radical (unpaired) electrons. The van der Waals surface area contributed by atoms with Crippen LogP contribution in [0, 0.1) is 11.3 Å². The average molecular weight is 437 g/mol. The maximum Gasteiger partial charge on any atom is 0.229 e. The van der Waals surface area contributed by atoms with Crippen molar-refractivity contribution in [1.29, 1.82) is 0 Å². The second kappa shape index (κ2) is 7.98. The molecule has 2 aliphatic heterocycles. The number of halogens is 1. The summed E-state index contributed by atoms with van der Waals surface area (Å²) in [7, 11) is 0. The Kier molecular flexibility index (Phi) is 5.29. The number of nitrogens with zero attached hydrogens (tertiary/aromatic N) is 2. The summed E-state index contributed by atoms with van der Waals surface area (Å²) in [4.78, 5) is 30.7. The third-order valence-corrected chi connectivity index (χ3v) is 7.82. The van der Waals surface area contributed by atoms with Gasteiger partial charge in [0.1, 0.15) is 0 Å². The Morgan fingerprint density at radius 1 is 1.06 bits per heavy atom. The van der Waals surface area contributed by atoms with Gasteiger partial charge in [0.15, 0.2) is 0 Å². The highest BCUT2D eigenvalue weighted by atomic mass is 35.5. The predicted octanol–water partition coefficient (Wildman–Crippen LogP) is 4.66. The number of fused-ring (bicyclic) bond motifs is 1. The molecule has 0 bridgehead atoms. The maximum atomic E-state index is 13.5. The lowest BCUT2D eigenvalue weighted by molar-refractivity contribution is -0.148. The molecule has 2 atom stereocenters. The van der Waals surface area contributed by atoms with Crippen molar-refractivity contribution in [3.8, 4) is 0 Å². The largest absolute Gasteiger partial charge is 0.342 e. The fraction of sp³-hybridized carbons (Fsp3) is 0.462. The fourth-order valence-electron chi connectivity index (χ4n) is 5.52. The molecule has 2 heterocycles. The minimum absolute atomic E-state index is 0.0768. The predicted molar refractivity (Wildman–Crippen MR) is 122 cm³/mol. The van der Waals surface area contributed by atoms with E-state index in [1.165, 1.54) is 16.7 Å². The Bertz CT molecular complexity index is 995. The average Bonchev–Trinajstić information content (AvgIpc) is 3.60. The Morgan fingerprint density at radius 2 is 1.74 bits per heavy atom. The number of rotatable bonds is 3. The van der Waals surface area contributed by atoms with E-state index in [0.717, 1.165) is 37.3 Å². The van der Waals surface area contributed by atoms with Crippen LogP contribution in [-0.2, 0) is 22.6 Å². The highest BCUT2D eigenvalue weighted by Crippen LogP contribution is 2.49. The molecule has 1 aliphatic carbocycles. The van der Waals surface area contributed by atoms with E-state index >= 15 is 0 Å². The van der Waals surface area contributed by atoms with Crippen molar-refractivity contribution < 1.29 is 9.59 Å². The van der Waals surface area contributed by atoms with Gasteiger partial charge in [0.05, 0.1) is 5.41 Å². The number of benzene rings is 2. The smallest absolute Gasteiger partial charge is 0.229 e. The van der Waals surface area contributed by atoms with Gasteiger partial charge < -0.3 is 9.80 Å². The van der Waals surface area contributed by atoms with Gasteiger partial charge in [0.2, 0.25) is 11.8 Å². The van der Waals surface area contributed by atoms with Crippen LogP contribution in [0.4, 0.5) is 0 Å². The van der Waals surface area contributed by atoms with Crippen molar-refractivity contribution in [2.75, 3.05) is 19.6 Å². The third-order valence-electron chi connectivity index (χ3n) is 7.57. The molecule has 1 saturated heterocycles. The first-order valence-corrected chi connectivity index (χ1v) is 11.8. The lowest BCUT2D eigenvalue weighted by atomic mass is 9.72. The van der Waals surface area contributed by atoms with E-state index < -0.39 is 0 Å². The van der Waals surface area contributed by atoms with Crippen LogP contribution < -0.4 is 0 Å². The first-order chi connectivity index (χ1) is 15.0. The summed E-state index contributed by atoms with van der Waals surface area (Å²) in [6.07, 6.45) is 3.21. The van der Waals surface area contributed by atoms with Crippen LogP contribution in [-0.4, -0.2) is 41.2 Å². The molecule has 31 heavy (non-hydrogen) atoms. The van der Waals surface area contributed by atoms with Crippen LogP contribution in [0.15, 0.2) is 48.5 Å². The molecule has 2 aromatic carbocycles. The van der Waals surface area contributed by atoms with Gasteiger partial charge in [0, 0.05) is 37.1 Å². The monoisotopic (exact) mass is 436 g/mol. The van der Waals surface area contributed by atoms with Gasteiger partial charge in [-0.25, -0.2) is 0 Å². The van der Waals surface area contributed by atoms with Crippen LogP contribution >= 0.6 is 11.6 Å². The van der Waals surface area contributed by atoms with E-state index in [0.29, 0.717) is 25.6 Å². The number of hydrogen-bond acceptors (Lipinski definition) is 2. The maximum absolute atomic E-state index is 13.5. The van der Waals surface area contributed by atoms with Gasteiger partial charge in [-0.2, -0.15) is 0 Å². The van der Waals surface area contributed by atoms with Gasteiger partial charge in [-0.1, -0.05) is 48.0 Å². The molecule has 0 unspecified atom stereocenters. The quantitative estimate of drug-likeness (QED) is 0.702. The zero-order valence-electron chi connectivity index (χ0n) is 18.0. The number of piperidine rings is 1. The standard InChI is InChI=1S/C26H29ClN2O2/c1-2-28-17-20-6-4-3-5-19(20)16-26(25(28)31)11-13-29(14-12-26)24(30)23-15-22(23)18-7-9-21(27)10-8-18/h3-10,22-23H,2,11-17H2,1H3/t22-,23-/m1/s1. The van der Waals surface area contributed by atoms with E-state index in [1.54, 1.807) is 0 Å². The summed E-state index contributed by atoms with van der Waals surface area (Å²) in [6.45, 7) is 4.83. The molecule has 5 rings (SSSR count). The van der Waals surface area contributed by atoms with E-state index in [-0.39, 0.29) is 23.1 Å². The van der Waals surface area contributed by atoms with Crippen LogP contribution in [0.2, 0.25) is 5.02 Å². The molecule has 0 aromatic heterocycles. The van der Waals surface area contributed by atoms with Gasteiger partial charge >= 0.3 is 0 Å². The van der Waals surface area contributed by atoms with Crippen LogP contribution in [0.5, 0.6) is 0 Å². The van der Waals surface area contributed by atoms with E-state index in [2.05, 4.69) is 31.2 Å². The second-order valence-electron chi connectivity index (χ2n) is 9.37. The van der Waals surface area contributed by atoms with Crippen LogP contribution in [0.1, 0.15) is 48.8 Å². The van der Waals surface area contributed by atoms with Crippen LogP contribution in [0.3, 0.4) is 0 Å². The molecule has 2 aromatic rings. The molecule has 1 saturated carbocycles. The Hall–Kier alpha value is -2.33. The molecule has 4 nitrogen and oxygen atoms in total. The SMILES string of the molecule is CCN1Cc2ccccc2CC2(CCN(C(=O)[C@@H]3C[C@@H]3c3ccc(Cl)cc3)CC2)C1=O. The number of carbonyl (C=O) groups is 2. The Morgan fingerprint density at radius 3 is 2.42 bits per heavy atom. The molecule has 2 fully saturated rings. The molecule has 0 N–H and O–H groups in total. The first-order valence-electron chi connectivity index (χ1n) is 11.4. The van der Waals surface area contributed by atoms with Gasteiger partial charge in [0.25, 0.3) is 0 Å². The van der Waals surface area contributed by atoms with Crippen molar-refractivity contribution >= 4 is 23.4 Å². The molecule has 2 amide bonds. The van der Waals surface area contributed by atoms with Crippen molar-refractivity contribution in [3.63, 3.8) is 0 Å². The summed E-state index contributed by atoms with van der Waals surface area (Å²) in [5, 5.41) is 0.726.